The largest absolute Gasteiger partial charge is 0.143 e. The molecule has 1 atom stereocenters. The SMILES string of the molecule is Cc1sc(C(Cl)c2cccc(Cl)c2Cl)cc1Br. The van der Waals surface area contributed by atoms with Crippen LogP contribution in [-0.4, -0.2) is 0 Å². The van der Waals surface area contributed by atoms with Crippen LogP contribution in [0.15, 0.2) is 28.7 Å². The molecule has 0 spiro atoms. The van der Waals surface area contributed by atoms with Crippen molar-refractivity contribution in [3.8, 4) is 0 Å². The molecule has 1 aromatic carbocycles. The van der Waals surface area contributed by atoms with E-state index in [9.17, 15) is 0 Å². The van der Waals surface area contributed by atoms with E-state index in [1.54, 1.807) is 17.4 Å². The van der Waals surface area contributed by atoms with Crippen molar-refractivity contribution in [3.63, 3.8) is 0 Å². The maximum Gasteiger partial charge on any atom is 0.0943 e. The van der Waals surface area contributed by atoms with Crippen LogP contribution in [0.25, 0.3) is 0 Å². The van der Waals surface area contributed by atoms with Crippen molar-refractivity contribution in [3.05, 3.63) is 54.1 Å². The van der Waals surface area contributed by atoms with E-state index >= 15 is 0 Å². The molecule has 90 valence electrons. The van der Waals surface area contributed by atoms with E-state index in [0.29, 0.717) is 10.0 Å². The second kappa shape index (κ2) is 5.50. The first kappa shape index (κ1) is 13.7. The van der Waals surface area contributed by atoms with Gasteiger partial charge in [-0.1, -0.05) is 35.3 Å². The maximum absolute atomic E-state index is 6.44. The Labute approximate surface area is 128 Å². The summed E-state index contributed by atoms with van der Waals surface area (Å²) in [6.07, 6.45) is 0. The van der Waals surface area contributed by atoms with Crippen LogP contribution in [0, 0.1) is 6.92 Å². The van der Waals surface area contributed by atoms with Gasteiger partial charge in [-0.15, -0.1) is 22.9 Å². The normalized spacial score (nSPS) is 12.8. The molecule has 0 aliphatic rings. The summed E-state index contributed by atoms with van der Waals surface area (Å²) in [4.78, 5) is 2.25. The van der Waals surface area contributed by atoms with E-state index < -0.39 is 0 Å². The molecule has 0 aliphatic heterocycles. The molecule has 1 unspecified atom stereocenters. The Balaban J connectivity index is 2.43. The first-order valence-electron chi connectivity index (χ1n) is 4.84. The molecule has 2 aromatic rings. The van der Waals surface area contributed by atoms with E-state index in [1.165, 1.54) is 4.88 Å². The van der Waals surface area contributed by atoms with Crippen LogP contribution in [0.1, 0.15) is 20.7 Å². The number of alkyl halides is 1. The average Bonchev–Trinajstić information content (AvgIpc) is 2.62. The first-order chi connectivity index (χ1) is 8.00. The summed E-state index contributed by atoms with van der Waals surface area (Å²) in [7, 11) is 0. The van der Waals surface area contributed by atoms with Crippen LogP contribution in [-0.2, 0) is 0 Å². The van der Waals surface area contributed by atoms with Crippen molar-refractivity contribution >= 4 is 62.1 Å². The molecule has 0 fully saturated rings. The van der Waals surface area contributed by atoms with Crippen molar-refractivity contribution in [1.82, 2.24) is 0 Å². The van der Waals surface area contributed by atoms with Crippen LogP contribution in [0.3, 0.4) is 0 Å². The van der Waals surface area contributed by atoms with E-state index in [1.807, 2.05) is 25.1 Å². The summed E-state index contributed by atoms with van der Waals surface area (Å²) in [5.41, 5.74) is 0.842. The van der Waals surface area contributed by atoms with Gasteiger partial charge >= 0.3 is 0 Å². The Kier molecular flexibility index (Phi) is 4.43. The third-order valence-corrected chi connectivity index (χ3v) is 6.02. The number of hydrogen-bond acceptors (Lipinski definition) is 1. The zero-order chi connectivity index (χ0) is 12.6. The van der Waals surface area contributed by atoms with Crippen molar-refractivity contribution in [2.75, 3.05) is 0 Å². The molecule has 0 radical (unpaired) electrons. The minimum Gasteiger partial charge on any atom is -0.143 e. The molecule has 2 rings (SSSR count). The monoisotopic (exact) mass is 368 g/mol. The van der Waals surface area contributed by atoms with E-state index in [4.69, 9.17) is 34.8 Å². The fraction of sp³-hybridized carbons (Fsp3) is 0.167. The topological polar surface area (TPSA) is 0 Å². The highest BCUT2D eigenvalue weighted by Gasteiger charge is 2.18. The van der Waals surface area contributed by atoms with Gasteiger partial charge in [-0.05, 0) is 40.5 Å². The third kappa shape index (κ3) is 2.82. The molecule has 0 N–H and O–H groups in total. The van der Waals surface area contributed by atoms with E-state index in [-0.39, 0.29) is 5.38 Å². The fourth-order valence-electron chi connectivity index (χ4n) is 1.48. The van der Waals surface area contributed by atoms with Gasteiger partial charge in [0.25, 0.3) is 0 Å². The molecule has 1 heterocycles. The van der Waals surface area contributed by atoms with Crippen LogP contribution >= 0.6 is 62.1 Å². The lowest BCUT2D eigenvalue weighted by Gasteiger charge is -2.10. The predicted octanol–water partition coefficient (Wildman–Crippen LogP) is 6.45. The third-order valence-electron chi connectivity index (χ3n) is 2.38. The van der Waals surface area contributed by atoms with Crippen LogP contribution in [0.5, 0.6) is 0 Å². The first-order valence-corrected chi connectivity index (χ1v) is 7.64. The van der Waals surface area contributed by atoms with Gasteiger partial charge in [0.1, 0.15) is 0 Å². The van der Waals surface area contributed by atoms with E-state index in [2.05, 4.69) is 15.9 Å². The Hall–Kier alpha value is 0.270. The number of hydrogen-bond donors (Lipinski definition) is 0. The van der Waals surface area contributed by atoms with Gasteiger partial charge in [0, 0.05) is 14.2 Å². The van der Waals surface area contributed by atoms with Crippen molar-refractivity contribution in [1.29, 1.82) is 0 Å². The molecular weight excluding hydrogens is 362 g/mol. The minimum atomic E-state index is -0.267. The molecule has 0 saturated heterocycles. The van der Waals surface area contributed by atoms with Crippen molar-refractivity contribution in [2.45, 2.75) is 12.3 Å². The smallest absolute Gasteiger partial charge is 0.0943 e. The van der Waals surface area contributed by atoms with Gasteiger partial charge in [-0.3, -0.25) is 0 Å². The van der Waals surface area contributed by atoms with Gasteiger partial charge in [-0.25, -0.2) is 0 Å². The second-order valence-electron chi connectivity index (χ2n) is 3.56. The lowest BCUT2D eigenvalue weighted by atomic mass is 10.1. The van der Waals surface area contributed by atoms with Crippen LogP contribution < -0.4 is 0 Å². The summed E-state index contributed by atoms with van der Waals surface area (Å²) in [6, 6.07) is 7.53. The van der Waals surface area contributed by atoms with Crippen molar-refractivity contribution in [2.24, 2.45) is 0 Å². The average molecular weight is 371 g/mol. The minimum absolute atomic E-state index is 0.267. The number of thiophene rings is 1. The molecule has 0 saturated carbocycles. The zero-order valence-corrected chi connectivity index (χ0v) is 13.5. The summed E-state index contributed by atoms with van der Waals surface area (Å²) in [6.45, 7) is 2.04. The van der Waals surface area contributed by atoms with E-state index in [0.717, 1.165) is 14.9 Å². The molecule has 0 bridgehead atoms. The highest BCUT2D eigenvalue weighted by Crippen LogP contribution is 2.41. The number of halogens is 4. The Morgan fingerprint density at radius 3 is 2.59 bits per heavy atom. The number of rotatable bonds is 2. The standard InChI is InChI=1S/C12H8BrCl3S/c1-6-8(13)5-10(17-6)12(16)7-3-2-4-9(14)11(7)15/h2-5,12H,1H3. The molecule has 0 aliphatic carbocycles. The molecule has 0 amide bonds. The van der Waals surface area contributed by atoms with Gasteiger partial charge in [-0.2, -0.15) is 0 Å². The molecule has 0 nitrogen and oxygen atoms in total. The summed E-state index contributed by atoms with van der Waals surface area (Å²) in [5.74, 6) is 0. The highest BCUT2D eigenvalue weighted by atomic mass is 79.9. The van der Waals surface area contributed by atoms with Crippen LogP contribution in [0.4, 0.5) is 0 Å². The van der Waals surface area contributed by atoms with Crippen molar-refractivity contribution < 1.29 is 0 Å². The molecule has 1 aromatic heterocycles. The highest BCUT2D eigenvalue weighted by molar-refractivity contribution is 9.10. The predicted molar refractivity (Wildman–Crippen MR) is 80.9 cm³/mol. The van der Waals surface area contributed by atoms with Gasteiger partial charge in [0.05, 0.1) is 15.4 Å². The quantitative estimate of drug-likeness (QED) is 0.533. The second-order valence-corrected chi connectivity index (χ2v) is 6.92. The Morgan fingerprint density at radius 2 is 2.00 bits per heavy atom. The number of aryl methyl sites for hydroxylation is 1. The molecular formula is C12H8BrCl3S. The number of benzene rings is 1. The van der Waals surface area contributed by atoms with Gasteiger partial charge < -0.3 is 0 Å². The molecule has 17 heavy (non-hydrogen) atoms. The Bertz CT molecular complexity index is 531. The fourth-order valence-corrected chi connectivity index (χ4v) is 3.89. The van der Waals surface area contributed by atoms with Crippen LogP contribution in [0.2, 0.25) is 10.0 Å². The Morgan fingerprint density at radius 1 is 1.29 bits per heavy atom. The lowest BCUT2D eigenvalue weighted by Crippen LogP contribution is -1.91. The summed E-state index contributed by atoms with van der Waals surface area (Å²) >= 11 is 23.7. The van der Waals surface area contributed by atoms with Gasteiger partial charge in [0.2, 0.25) is 0 Å². The zero-order valence-electron chi connectivity index (χ0n) is 8.81. The molecule has 5 heteroatoms. The summed E-state index contributed by atoms with van der Waals surface area (Å²) < 4.78 is 1.07. The maximum atomic E-state index is 6.44. The lowest BCUT2D eigenvalue weighted by molar-refractivity contribution is 1.18. The summed E-state index contributed by atoms with van der Waals surface area (Å²) in [5, 5.41) is 0.787. The van der Waals surface area contributed by atoms with Gasteiger partial charge in [0.15, 0.2) is 0 Å².